The summed E-state index contributed by atoms with van der Waals surface area (Å²) in [6, 6.07) is 12.7. The van der Waals surface area contributed by atoms with Crippen LogP contribution in [0, 0.1) is 0 Å². The van der Waals surface area contributed by atoms with Crippen LogP contribution >= 0.6 is 0 Å². The Morgan fingerprint density at radius 1 is 1.04 bits per heavy atom. The molecule has 2 aromatic rings. The smallest absolute Gasteiger partial charge is 0.337 e. The third-order valence-corrected chi connectivity index (χ3v) is 6.47. The fourth-order valence-corrected chi connectivity index (χ4v) is 4.90. The normalized spacial score (nSPS) is 21.5. The van der Waals surface area contributed by atoms with Crippen molar-refractivity contribution in [2.75, 3.05) is 7.05 Å². The first-order valence-electron chi connectivity index (χ1n) is 7.27. The van der Waals surface area contributed by atoms with E-state index in [1.54, 1.807) is 6.07 Å². The van der Waals surface area contributed by atoms with Gasteiger partial charge in [0.1, 0.15) is 4.90 Å². The standard InChI is InChI=1S/C17H14N2O5S/c1-19(12-8-3-2-4-9-13(12)20)15(17(18)22)16(21)11-7-5-6-10-14(11)25(19,23)24/h2-10H,1H3,(H2-,18,21,22)/p+1. The Hall–Kier alpha value is -2.97. The van der Waals surface area contributed by atoms with Crippen LogP contribution in [0.4, 0.5) is 5.69 Å². The molecule has 1 unspecified atom stereocenters. The topological polar surface area (TPSA) is 115 Å². The van der Waals surface area contributed by atoms with Gasteiger partial charge in [0, 0.05) is 11.6 Å². The van der Waals surface area contributed by atoms with E-state index < -0.39 is 36.7 Å². The van der Waals surface area contributed by atoms with Gasteiger partial charge in [-0.2, -0.15) is 8.42 Å². The zero-order valence-corrected chi connectivity index (χ0v) is 14.0. The van der Waals surface area contributed by atoms with E-state index in [-0.39, 0.29) is 16.1 Å². The second kappa shape index (κ2) is 5.54. The van der Waals surface area contributed by atoms with E-state index in [1.165, 1.54) is 48.5 Å². The van der Waals surface area contributed by atoms with Gasteiger partial charge in [-0.1, -0.05) is 30.3 Å². The molecule has 8 heteroatoms. The molecule has 0 fully saturated rings. The highest BCUT2D eigenvalue weighted by atomic mass is 32.2. The molecule has 1 aliphatic rings. The van der Waals surface area contributed by atoms with Crippen LogP contribution < -0.4 is 15.1 Å². The van der Waals surface area contributed by atoms with Crippen molar-refractivity contribution in [3.8, 4) is 0 Å². The summed E-state index contributed by atoms with van der Waals surface area (Å²) in [5, 5.41) is 10.6. The molecular weight excluding hydrogens is 344 g/mol. The van der Waals surface area contributed by atoms with E-state index in [9.17, 15) is 23.1 Å². The summed E-state index contributed by atoms with van der Waals surface area (Å²) in [6.45, 7) is 0. The lowest BCUT2D eigenvalue weighted by molar-refractivity contribution is -0.115. The fraction of sp³-hybridized carbons (Fsp3) is 0.0588. The van der Waals surface area contributed by atoms with Crippen molar-refractivity contribution < 1.29 is 18.3 Å². The number of amides is 1. The SMILES string of the molecule is C[N+]1(c2cccccc2=O)C(C(N)=O)=C(O)c2ccccc2S1(=O)=O. The van der Waals surface area contributed by atoms with Crippen molar-refractivity contribution in [3.63, 3.8) is 0 Å². The summed E-state index contributed by atoms with van der Waals surface area (Å²) in [4.78, 5) is 24.3. The molecule has 0 aromatic heterocycles. The molecule has 0 spiro atoms. The summed E-state index contributed by atoms with van der Waals surface area (Å²) in [6.07, 6.45) is 0. The third kappa shape index (κ3) is 2.19. The Bertz CT molecular complexity index is 1090. The number of benzene rings is 1. The van der Waals surface area contributed by atoms with Gasteiger partial charge in [0.15, 0.2) is 5.76 Å². The number of primary amides is 1. The lowest BCUT2D eigenvalue weighted by atomic mass is 10.1. The van der Waals surface area contributed by atoms with Crippen molar-refractivity contribution in [3.05, 3.63) is 76.1 Å². The molecule has 128 valence electrons. The highest BCUT2D eigenvalue weighted by Crippen LogP contribution is 2.42. The van der Waals surface area contributed by atoms with E-state index in [1.807, 2.05) is 0 Å². The summed E-state index contributed by atoms with van der Waals surface area (Å²) in [5.74, 6) is -1.70. The number of nitrogens with two attached hydrogens (primary N) is 1. The van der Waals surface area contributed by atoms with Crippen LogP contribution in [0.3, 0.4) is 0 Å². The van der Waals surface area contributed by atoms with Gasteiger partial charge >= 0.3 is 15.9 Å². The molecule has 0 saturated carbocycles. The second-order valence-corrected chi connectivity index (χ2v) is 7.74. The molecule has 3 rings (SSSR count). The molecule has 1 amide bonds. The van der Waals surface area contributed by atoms with Gasteiger partial charge in [0.25, 0.3) is 5.70 Å². The summed E-state index contributed by atoms with van der Waals surface area (Å²) < 4.78 is 25.4. The Balaban J connectivity index is 2.56. The van der Waals surface area contributed by atoms with Crippen LogP contribution in [0.2, 0.25) is 0 Å². The predicted molar refractivity (Wildman–Crippen MR) is 92.8 cm³/mol. The average molecular weight is 359 g/mol. The quantitative estimate of drug-likeness (QED) is 0.779. The van der Waals surface area contributed by atoms with Crippen molar-refractivity contribution in [1.82, 2.24) is 3.89 Å². The van der Waals surface area contributed by atoms with Crippen molar-refractivity contribution >= 4 is 27.4 Å². The molecule has 1 aliphatic heterocycles. The van der Waals surface area contributed by atoms with Gasteiger partial charge in [-0.15, -0.1) is 3.89 Å². The maximum atomic E-state index is 13.3. The number of sulfonamides is 1. The number of likely N-dealkylation sites (N-methyl/N-ethyl adjacent to an activating group) is 1. The average Bonchev–Trinajstić information content (AvgIpc) is 2.78. The van der Waals surface area contributed by atoms with Crippen molar-refractivity contribution in [2.45, 2.75) is 4.90 Å². The van der Waals surface area contributed by atoms with Crippen molar-refractivity contribution in [1.29, 1.82) is 0 Å². The molecule has 0 saturated heterocycles. The Morgan fingerprint density at radius 2 is 1.64 bits per heavy atom. The lowest BCUT2D eigenvalue weighted by Gasteiger charge is -2.35. The summed E-state index contributed by atoms with van der Waals surface area (Å²) in [5.41, 5.74) is 3.95. The number of aliphatic hydroxyl groups excluding tert-OH is 1. The van der Waals surface area contributed by atoms with E-state index in [2.05, 4.69) is 0 Å². The molecule has 2 aromatic carbocycles. The molecule has 0 radical (unpaired) electrons. The van der Waals surface area contributed by atoms with Gasteiger partial charge in [0.05, 0.1) is 7.05 Å². The number of quaternary nitrogens is 1. The van der Waals surface area contributed by atoms with Crippen LogP contribution in [-0.2, 0) is 14.8 Å². The highest BCUT2D eigenvalue weighted by Gasteiger charge is 2.55. The fourth-order valence-electron chi connectivity index (χ4n) is 2.98. The first kappa shape index (κ1) is 16.9. The van der Waals surface area contributed by atoms with Gasteiger partial charge in [-0.3, -0.25) is 9.59 Å². The second-order valence-electron chi connectivity index (χ2n) is 5.62. The van der Waals surface area contributed by atoms with Crippen LogP contribution in [0.5, 0.6) is 0 Å². The van der Waals surface area contributed by atoms with Crippen LogP contribution in [0.25, 0.3) is 5.76 Å². The van der Waals surface area contributed by atoms with Crippen molar-refractivity contribution in [2.24, 2.45) is 5.73 Å². The summed E-state index contributed by atoms with van der Waals surface area (Å²) >= 11 is 0. The van der Waals surface area contributed by atoms with E-state index in [0.717, 1.165) is 7.05 Å². The highest BCUT2D eigenvalue weighted by molar-refractivity contribution is 7.91. The number of hydrogen-bond acceptors (Lipinski definition) is 5. The maximum absolute atomic E-state index is 13.3. The number of hydrogen-bond donors (Lipinski definition) is 2. The zero-order valence-electron chi connectivity index (χ0n) is 13.2. The van der Waals surface area contributed by atoms with Gasteiger partial charge in [-0.05, 0) is 18.2 Å². The van der Waals surface area contributed by atoms with E-state index >= 15 is 0 Å². The Morgan fingerprint density at radius 3 is 2.32 bits per heavy atom. The molecular formula is C17H15N2O5S+. The van der Waals surface area contributed by atoms with Crippen LogP contribution in [0.15, 0.2) is 70.0 Å². The first-order chi connectivity index (χ1) is 11.7. The number of nitrogens with zero attached hydrogens (tertiary/aromatic N) is 1. The molecule has 0 aliphatic carbocycles. The third-order valence-electron chi connectivity index (χ3n) is 4.22. The number of fused-ring (bicyclic) bond motifs is 1. The predicted octanol–water partition coefficient (Wildman–Crippen LogP) is 1.10. The van der Waals surface area contributed by atoms with Crippen LogP contribution in [0.1, 0.15) is 5.56 Å². The maximum Gasteiger partial charge on any atom is 0.337 e. The molecule has 1 atom stereocenters. The Labute approximate surface area is 143 Å². The first-order valence-corrected chi connectivity index (χ1v) is 8.71. The molecule has 0 bridgehead atoms. The zero-order chi connectivity index (χ0) is 18.4. The largest absolute Gasteiger partial charge is 0.502 e. The Kier molecular flexibility index (Phi) is 3.74. The van der Waals surface area contributed by atoms with E-state index in [0.29, 0.717) is 0 Å². The van der Waals surface area contributed by atoms with Gasteiger partial charge < -0.3 is 10.8 Å². The summed E-state index contributed by atoms with van der Waals surface area (Å²) in [7, 11) is -3.15. The molecule has 3 N–H and O–H groups in total. The van der Waals surface area contributed by atoms with Crippen LogP contribution in [-0.4, -0.2) is 26.5 Å². The van der Waals surface area contributed by atoms with Gasteiger partial charge in [-0.25, -0.2) is 0 Å². The minimum Gasteiger partial charge on any atom is -0.502 e. The number of rotatable bonds is 2. The molecule has 7 nitrogen and oxygen atoms in total. The number of carbonyl (C=O) groups excluding carboxylic acids is 1. The number of aliphatic hydroxyl groups is 1. The van der Waals surface area contributed by atoms with E-state index in [4.69, 9.17) is 5.73 Å². The lowest BCUT2D eigenvalue weighted by Crippen LogP contribution is -2.56. The molecule has 25 heavy (non-hydrogen) atoms. The minimum absolute atomic E-state index is 0.0281. The number of carbonyl (C=O) groups is 1. The monoisotopic (exact) mass is 359 g/mol. The minimum atomic E-state index is -4.30. The van der Waals surface area contributed by atoms with Gasteiger partial charge in [0.2, 0.25) is 11.1 Å². The molecule has 1 heterocycles.